The summed E-state index contributed by atoms with van der Waals surface area (Å²) in [7, 11) is 0. The normalized spacial score (nSPS) is 28.3. The molecule has 0 bridgehead atoms. The molecule has 3 aliphatic rings. The Balaban J connectivity index is 1.25. The number of ether oxygens (including phenoxy) is 6. The number of nitrogens with one attached hydrogen (secondary N) is 1. The minimum absolute atomic E-state index is 0.239. The van der Waals surface area contributed by atoms with E-state index in [0.29, 0.717) is 12.8 Å². The Morgan fingerprint density at radius 2 is 0.719 bits per heavy atom. The van der Waals surface area contributed by atoms with E-state index < -0.39 is 124 Å². The van der Waals surface area contributed by atoms with Crippen molar-refractivity contribution < 1.29 is 89.4 Å². The molecule has 0 spiro atoms. The fraction of sp³-hybridized carbons (Fsp3) is 0.929. The molecule has 524 valence electrons. The SMILES string of the molecule is CCC/C=C/CC/C=C/C(O)C(COC1OC(CO)C(OC2OC(CO)C(OC3OC(CO)C(O)C(O)C3O)C(O)C2O)C(O)C1O)NC(=O)CCCCCCCCCCCCCCCCCCCCCCCCCCCCCCCCCCCCCCC. The zero-order valence-corrected chi connectivity index (χ0v) is 55.4. The lowest BCUT2D eigenvalue weighted by atomic mass is 9.96. The lowest BCUT2D eigenvalue weighted by Crippen LogP contribution is -2.66. The summed E-state index contributed by atoms with van der Waals surface area (Å²) >= 11 is 0. The van der Waals surface area contributed by atoms with Gasteiger partial charge in [-0.25, -0.2) is 0 Å². The fourth-order valence-electron chi connectivity index (χ4n) is 12.4. The van der Waals surface area contributed by atoms with Crippen molar-refractivity contribution in [2.24, 2.45) is 0 Å². The van der Waals surface area contributed by atoms with Gasteiger partial charge in [-0.05, 0) is 25.7 Å². The highest BCUT2D eigenvalue weighted by molar-refractivity contribution is 5.76. The van der Waals surface area contributed by atoms with Gasteiger partial charge in [-0.1, -0.05) is 276 Å². The zero-order chi connectivity index (χ0) is 64.7. The van der Waals surface area contributed by atoms with E-state index in [0.717, 1.165) is 38.5 Å². The molecule has 1 amide bonds. The van der Waals surface area contributed by atoms with Crippen LogP contribution >= 0.6 is 0 Å². The summed E-state index contributed by atoms with van der Waals surface area (Å²) in [5.74, 6) is -0.285. The maximum absolute atomic E-state index is 13.3. The van der Waals surface area contributed by atoms with E-state index in [1.807, 2.05) is 6.08 Å². The summed E-state index contributed by atoms with van der Waals surface area (Å²) in [6, 6.07) is -0.984. The third kappa shape index (κ3) is 34.5. The molecule has 12 N–H and O–H groups in total. The Morgan fingerprint density at radius 3 is 1.10 bits per heavy atom. The molecule has 0 aromatic carbocycles. The number of carbonyl (C=O) groups excluding carboxylic acids is 1. The number of rotatable bonds is 56. The Hall–Kier alpha value is -1.73. The number of aliphatic hydroxyl groups is 11. The van der Waals surface area contributed by atoms with Crippen molar-refractivity contribution in [3.63, 3.8) is 0 Å². The summed E-state index contributed by atoms with van der Waals surface area (Å²) in [5.41, 5.74) is 0. The van der Waals surface area contributed by atoms with E-state index in [2.05, 4.69) is 31.3 Å². The van der Waals surface area contributed by atoms with Crippen molar-refractivity contribution in [3.05, 3.63) is 24.3 Å². The van der Waals surface area contributed by atoms with Crippen LogP contribution in [0.25, 0.3) is 0 Å². The van der Waals surface area contributed by atoms with Crippen LogP contribution in [0.3, 0.4) is 0 Å². The highest BCUT2D eigenvalue weighted by Gasteiger charge is 2.53. The van der Waals surface area contributed by atoms with E-state index in [1.165, 1.54) is 212 Å². The molecule has 89 heavy (non-hydrogen) atoms. The van der Waals surface area contributed by atoms with Crippen LogP contribution in [-0.4, -0.2) is 193 Å². The van der Waals surface area contributed by atoms with E-state index >= 15 is 0 Å². The third-order valence-electron chi connectivity index (χ3n) is 18.2. The predicted molar refractivity (Wildman–Crippen MR) is 346 cm³/mol. The number of carbonyl (C=O) groups is 1. The van der Waals surface area contributed by atoms with Gasteiger partial charge in [-0.3, -0.25) is 4.79 Å². The summed E-state index contributed by atoms with van der Waals surface area (Å²) in [6.07, 6.45) is 34.2. The topological polar surface area (TPSA) is 307 Å². The van der Waals surface area contributed by atoms with Crippen molar-refractivity contribution >= 4 is 5.91 Å². The molecular weight excluding hydrogens is 1140 g/mol. The van der Waals surface area contributed by atoms with Gasteiger partial charge in [0.25, 0.3) is 0 Å². The van der Waals surface area contributed by atoms with E-state index in [1.54, 1.807) is 6.08 Å². The van der Waals surface area contributed by atoms with Gasteiger partial charge in [0.05, 0.1) is 38.6 Å². The molecule has 3 rings (SSSR count). The second kappa shape index (κ2) is 52.5. The highest BCUT2D eigenvalue weighted by Crippen LogP contribution is 2.33. The average Bonchev–Trinajstić information content (AvgIpc) is 2.14. The van der Waals surface area contributed by atoms with Crippen molar-refractivity contribution in [2.75, 3.05) is 26.4 Å². The number of amides is 1. The monoisotopic (exact) mass is 1270 g/mol. The van der Waals surface area contributed by atoms with Crippen molar-refractivity contribution in [3.8, 4) is 0 Å². The van der Waals surface area contributed by atoms with Gasteiger partial charge in [0.1, 0.15) is 73.2 Å². The molecule has 3 saturated heterocycles. The highest BCUT2D eigenvalue weighted by atomic mass is 16.8. The number of allylic oxidation sites excluding steroid dienone is 3. The van der Waals surface area contributed by atoms with Gasteiger partial charge in [0.15, 0.2) is 18.9 Å². The van der Waals surface area contributed by atoms with Crippen molar-refractivity contribution in [2.45, 2.75) is 388 Å². The molecule has 3 aliphatic heterocycles. The van der Waals surface area contributed by atoms with E-state index in [9.17, 15) is 61.0 Å². The standard InChI is InChI=1S/C70H131NO18/c1-3-5-7-9-11-12-13-14-15-16-17-18-19-20-21-22-23-24-25-26-27-28-29-30-31-32-33-34-35-36-37-38-39-40-42-44-46-48-58(76)71-53(54(75)47-45-43-41-10-8-6-4-2)52-84-68-64(82)61(79)66(56(50-73)86-68)89-70-65(83)62(80)67(57(51-74)87-70)88-69-63(81)60(78)59(77)55(49-72)85-69/h8,10,45,47,53-57,59-70,72-75,77-83H,3-7,9,11-44,46,48-52H2,1-2H3,(H,71,76)/b10-8+,47-45+. The van der Waals surface area contributed by atoms with E-state index in [4.69, 9.17) is 28.4 Å². The minimum atomic E-state index is -1.98. The maximum atomic E-state index is 13.3. The van der Waals surface area contributed by atoms with E-state index in [-0.39, 0.29) is 18.9 Å². The van der Waals surface area contributed by atoms with Crippen LogP contribution in [0.2, 0.25) is 0 Å². The van der Waals surface area contributed by atoms with Crippen molar-refractivity contribution in [1.29, 1.82) is 0 Å². The lowest BCUT2D eigenvalue weighted by molar-refractivity contribution is -0.379. The summed E-state index contributed by atoms with van der Waals surface area (Å²) in [4.78, 5) is 13.3. The first-order chi connectivity index (χ1) is 43.3. The second-order valence-corrected chi connectivity index (χ2v) is 26.1. The summed E-state index contributed by atoms with van der Waals surface area (Å²) in [6.45, 7) is 1.61. The summed E-state index contributed by atoms with van der Waals surface area (Å²) in [5, 5.41) is 120. The average molecular weight is 1270 g/mol. The summed E-state index contributed by atoms with van der Waals surface area (Å²) < 4.78 is 34.2. The minimum Gasteiger partial charge on any atom is -0.394 e. The van der Waals surface area contributed by atoms with Gasteiger partial charge in [-0.15, -0.1) is 0 Å². The predicted octanol–water partition coefficient (Wildman–Crippen LogP) is 9.83. The quantitative estimate of drug-likeness (QED) is 0.0199. The lowest BCUT2D eigenvalue weighted by Gasteiger charge is -2.48. The Bertz CT molecular complexity index is 1710. The van der Waals surface area contributed by atoms with Gasteiger partial charge in [0, 0.05) is 6.42 Å². The molecule has 3 fully saturated rings. The van der Waals surface area contributed by atoms with Crippen LogP contribution in [0.15, 0.2) is 24.3 Å². The largest absolute Gasteiger partial charge is 0.394 e. The fourth-order valence-corrected chi connectivity index (χ4v) is 12.4. The Labute approximate surface area is 537 Å². The van der Waals surface area contributed by atoms with Gasteiger partial charge < -0.3 is 89.9 Å². The number of unbranched alkanes of at least 4 members (excludes halogenated alkanes) is 38. The van der Waals surface area contributed by atoms with Crippen LogP contribution in [0.4, 0.5) is 0 Å². The molecular formula is C70H131NO18. The molecule has 19 nitrogen and oxygen atoms in total. The van der Waals surface area contributed by atoms with Crippen molar-refractivity contribution in [1.82, 2.24) is 5.32 Å². The molecule has 0 aromatic heterocycles. The van der Waals surface area contributed by atoms with Crippen LogP contribution in [0.5, 0.6) is 0 Å². The van der Waals surface area contributed by atoms with Crippen LogP contribution in [0, 0.1) is 0 Å². The number of aliphatic hydroxyl groups excluding tert-OH is 11. The molecule has 0 aliphatic carbocycles. The molecule has 17 unspecified atom stereocenters. The van der Waals surface area contributed by atoms with Gasteiger partial charge in [-0.2, -0.15) is 0 Å². The van der Waals surface area contributed by atoms with Crippen LogP contribution in [-0.2, 0) is 33.2 Å². The maximum Gasteiger partial charge on any atom is 0.220 e. The molecule has 0 saturated carbocycles. The molecule has 3 heterocycles. The first kappa shape index (κ1) is 81.5. The van der Waals surface area contributed by atoms with Gasteiger partial charge in [0.2, 0.25) is 5.91 Å². The molecule has 19 heteroatoms. The smallest absolute Gasteiger partial charge is 0.220 e. The first-order valence-electron chi connectivity index (χ1n) is 36.1. The Morgan fingerprint density at radius 1 is 0.393 bits per heavy atom. The van der Waals surface area contributed by atoms with Crippen LogP contribution in [0.1, 0.15) is 284 Å². The number of hydrogen-bond acceptors (Lipinski definition) is 18. The Kier molecular flexibility index (Phi) is 48.1. The van der Waals surface area contributed by atoms with Crippen LogP contribution < -0.4 is 5.32 Å². The third-order valence-corrected chi connectivity index (χ3v) is 18.2. The zero-order valence-electron chi connectivity index (χ0n) is 55.4. The molecule has 0 radical (unpaired) electrons. The second-order valence-electron chi connectivity index (χ2n) is 26.1. The number of hydrogen-bond donors (Lipinski definition) is 12. The molecule has 0 aromatic rings. The first-order valence-corrected chi connectivity index (χ1v) is 36.1. The molecule has 17 atom stereocenters. The van der Waals surface area contributed by atoms with Gasteiger partial charge >= 0.3 is 0 Å².